The number of hydrogen-bond donors (Lipinski definition) is 0. The van der Waals surface area contributed by atoms with Gasteiger partial charge in [0.15, 0.2) is 5.69 Å². The summed E-state index contributed by atoms with van der Waals surface area (Å²) in [7, 11) is 0. The van der Waals surface area contributed by atoms with Gasteiger partial charge in [-0.2, -0.15) is 0 Å². The first-order valence-electron chi connectivity index (χ1n) is 4.28. The van der Waals surface area contributed by atoms with Crippen molar-refractivity contribution in [1.82, 2.24) is 4.98 Å². The number of nitrogens with zero attached hydrogens (tertiary/aromatic N) is 1. The third-order valence-corrected chi connectivity index (χ3v) is 2.25. The van der Waals surface area contributed by atoms with Crippen molar-refractivity contribution >= 4 is 29.2 Å². The van der Waals surface area contributed by atoms with Crippen LogP contribution in [0.2, 0.25) is 10.2 Å². The molecule has 0 aromatic carbocycles. The number of esters is 1. The average Bonchev–Trinajstić information content (AvgIpc) is 2.20. The Labute approximate surface area is 100 Å². The van der Waals surface area contributed by atoms with Crippen molar-refractivity contribution in [2.24, 2.45) is 0 Å². The summed E-state index contributed by atoms with van der Waals surface area (Å²) in [6.45, 7) is 1.73. The van der Waals surface area contributed by atoms with Crippen molar-refractivity contribution in [2.75, 3.05) is 6.61 Å². The first-order valence-corrected chi connectivity index (χ1v) is 5.04. The Morgan fingerprint density at radius 3 is 2.69 bits per heavy atom. The summed E-state index contributed by atoms with van der Waals surface area (Å²) in [5.74, 6) is -0.796. The van der Waals surface area contributed by atoms with Crippen LogP contribution in [0, 0.1) is 0 Å². The van der Waals surface area contributed by atoms with Crippen LogP contribution in [-0.2, 0) is 4.74 Å². The molecule has 0 saturated carbocycles. The van der Waals surface area contributed by atoms with E-state index >= 15 is 0 Å². The van der Waals surface area contributed by atoms with Gasteiger partial charge < -0.3 is 4.74 Å². The van der Waals surface area contributed by atoms with E-state index in [2.05, 4.69) is 9.72 Å². The predicted molar refractivity (Wildman–Crippen MR) is 55.2 cm³/mol. The Bertz CT molecular complexity index is 413. The summed E-state index contributed by atoms with van der Waals surface area (Å²) in [6, 6.07) is 0.911. The topological polar surface area (TPSA) is 39.2 Å². The maximum Gasteiger partial charge on any atom is 0.358 e. The molecule has 88 valence electrons. The van der Waals surface area contributed by atoms with Crippen LogP contribution < -0.4 is 0 Å². The van der Waals surface area contributed by atoms with Crippen LogP contribution >= 0.6 is 23.2 Å². The molecule has 1 aromatic heterocycles. The molecular weight excluding hydrogens is 263 g/mol. The van der Waals surface area contributed by atoms with E-state index in [0.717, 1.165) is 6.07 Å². The highest BCUT2D eigenvalue weighted by Crippen LogP contribution is 2.29. The Balaban J connectivity index is 3.15. The van der Waals surface area contributed by atoms with E-state index in [9.17, 15) is 13.6 Å². The summed E-state index contributed by atoms with van der Waals surface area (Å²) < 4.78 is 29.4. The SMILES string of the molecule is CCOC(=O)c1nc(Cl)c(C(F)F)cc1Cl. The van der Waals surface area contributed by atoms with E-state index in [0.29, 0.717) is 0 Å². The largest absolute Gasteiger partial charge is 0.461 e. The molecule has 1 aromatic rings. The van der Waals surface area contributed by atoms with Gasteiger partial charge in [-0.05, 0) is 13.0 Å². The molecule has 1 rings (SSSR count). The number of halogens is 4. The van der Waals surface area contributed by atoms with E-state index in [1.807, 2.05) is 0 Å². The van der Waals surface area contributed by atoms with E-state index in [-0.39, 0.29) is 17.3 Å². The standard InChI is InChI=1S/C9H7Cl2F2NO2/c1-2-16-9(15)6-5(10)3-4(8(12)13)7(11)14-6/h3,8H,2H2,1H3. The van der Waals surface area contributed by atoms with Gasteiger partial charge in [-0.3, -0.25) is 0 Å². The van der Waals surface area contributed by atoms with Crippen LogP contribution in [0.5, 0.6) is 0 Å². The highest BCUT2D eigenvalue weighted by Gasteiger charge is 2.20. The first kappa shape index (κ1) is 13.1. The molecule has 3 nitrogen and oxygen atoms in total. The summed E-state index contributed by atoms with van der Waals surface area (Å²) in [5, 5.41) is -0.666. The number of hydrogen-bond acceptors (Lipinski definition) is 3. The van der Waals surface area contributed by atoms with Crippen molar-refractivity contribution in [2.45, 2.75) is 13.3 Å². The lowest BCUT2D eigenvalue weighted by atomic mass is 10.2. The van der Waals surface area contributed by atoms with E-state index in [1.54, 1.807) is 6.92 Å². The second-order valence-electron chi connectivity index (χ2n) is 2.72. The third kappa shape index (κ3) is 2.80. The summed E-state index contributed by atoms with van der Waals surface area (Å²) >= 11 is 11.1. The van der Waals surface area contributed by atoms with E-state index in [4.69, 9.17) is 23.2 Å². The summed E-state index contributed by atoms with van der Waals surface area (Å²) in [5.41, 5.74) is -0.780. The molecule has 0 amide bonds. The average molecular weight is 270 g/mol. The van der Waals surface area contributed by atoms with Crippen LogP contribution in [0.25, 0.3) is 0 Å². The van der Waals surface area contributed by atoms with Crippen molar-refractivity contribution < 1.29 is 18.3 Å². The van der Waals surface area contributed by atoms with Crippen molar-refractivity contribution in [3.8, 4) is 0 Å². The van der Waals surface area contributed by atoms with Crippen molar-refractivity contribution in [3.05, 3.63) is 27.5 Å². The zero-order valence-corrected chi connectivity index (χ0v) is 9.65. The van der Waals surface area contributed by atoms with Gasteiger partial charge in [-0.15, -0.1) is 0 Å². The van der Waals surface area contributed by atoms with Gasteiger partial charge in [0.05, 0.1) is 17.2 Å². The number of rotatable bonds is 3. The van der Waals surface area contributed by atoms with Gasteiger partial charge in [0, 0.05) is 0 Å². The molecule has 0 unspecified atom stereocenters. The molecule has 0 aliphatic heterocycles. The van der Waals surface area contributed by atoms with Crippen LogP contribution in [0.4, 0.5) is 8.78 Å². The molecule has 7 heteroatoms. The number of carbonyl (C=O) groups excluding carboxylic acids is 1. The maximum atomic E-state index is 12.4. The fourth-order valence-corrected chi connectivity index (χ4v) is 1.43. The van der Waals surface area contributed by atoms with E-state index < -0.39 is 23.1 Å². The van der Waals surface area contributed by atoms with Gasteiger partial charge in [0.25, 0.3) is 6.43 Å². The Kier molecular flexibility index (Phi) is 4.44. The molecule has 0 atom stereocenters. The quantitative estimate of drug-likeness (QED) is 0.623. The van der Waals surface area contributed by atoms with Gasteiger partial charge >= 0.3 is 5.97 Å². The lowest BCUT2D eigenvalue weighted by molar-refractivity contribution is 0.0519. The number of carbonyl (C=O) groups is 1. The Morgan fingerprint density at radius 1 is 1.56 bits per heavy atom. The van der Waals surface area contributed by atoms with Gasteiger partial charge in [-0.1, -0.05) is 23.2 Å². The molecule has 0 aliphatic carbocycles. The number of ether oxygens (including phenoxy) is 1. The molecule has 1 heterocycles. The molecule has 16 heavy (non-hydrogen) atoms. The van der Waals surface area contributed by atoms with Gasteiger partial charge in [0.1, 0.15) is 5.15 Å². The fourth-order valence-electron chi connectivity index (χ4n) is 0.976. The lowest BCUT2D eigenvalue weighted by Gasteiger charge is -2.07. The van der Waals surface area contributed by atoms with Gasteiger partial charge in [0.2, 0.25) is 0 Å². The molecule has 0 N–H and O–H groups in total. The second-order valence-corrected chi connectivity index (χ2v) is 3.49. The number of pyridine rings is 1. The summed E-state index contributed by atoms with van der Waals surface area (Å²) in [6.07, 6.45) is -2.80. The molecule has 0 spiro atoms. The zero-order chi connectivity index (χ0) is 12.3. The van der Waals surface area contributed by atoms with Crippen LogP contribution in [-0.4, -0.2) is 17.6 Å². The monoisotopic (exact) mass is 269 g/mol. The van der Waals surface area contributed by atoms with Crippen LogP contribution in [0.1, 0.15) is 29.4 Å². The molecule has 0 bridgehead atoms. The normalized spacial score (nSPS) is 10.6. The lowest BCUT2D eigenvalue weighted by Crippen LogP contribution is -2.09. The Hall–Kier alpha value is -0.940. The minimum Gasteiger partial charge on any atom is -0.461 e. The Morgan fingerprint density at radius 2 is 2.19 bits per heavy atom. The third-order valence-electron chi connectivity index (χ3n) is 1.66. The maximum absolute atomic E-state index is 12.4. The van der Waals surface area contributed by atoms with E-state index in [1.165, 1.54) is 0 Å². The first-order chi connectivity index (χ1) is 7.47. The van der Waals surface area contributed by atoms with Gasteiger partial charge in [-0.25, -0.2) is 18.6 Å². The van der Waals surface area contributed by atoms with Crippen molar-refractivity contribution in [3.63, 3.8) is 0 Å². The number of aromatic nitrogens is 1. The number of alkyl halides is 2. The summed E-state index contributed by atoms with van der Waals surface area (Å²) in [4.78, 5) is 14.8. The highest BCUT2D eigenvalue weighted by atomic mass is 35.5. The predicted octanol–water partition coefficient (Wildman–Crippen LogP) is 3.50. The van der Waals surface area contributed by atoms with Crippen LogP contribution in [0.3, 0.4) is 0 Å². The molecular formula is C9H7Cl2F2NO2. The van der Waals surface area contributed by atoms with Crippen molar-refractivity contribution in [1.29, 1.82) is 0 Å². The molecule has 0 saturated heterocycles. The minimum absolute atomic E-state index is 0.130. The van der Waals surface area contributed by atoms with Crippen LogP contribution in [0.15, 0.2) is 6.07 Å². The minimum atomic E-state index is -2.80. The molecule has 0 radical (unpaired) electrons. The molecule has 0 fully saturated rings. The highest BCUT2D eigenvalue weighted by molar-refractivity contribution is 6.34. The second kappa shape index (κ2) is 5.41. The fraction of sp³-hybridized carbons (Fsp3) is 0.333. The molecule has 0 aliphatic rings. The smallest absolute Gasteiger partial charge is 0.358 e. The zero-order valence-electron chi connectivity index (χ0n) is 8.14.